The van der Waals surface area contributed by atoms with E-state index in [1.807, 2.05) is 30.5 Å². The fourth-order valence-electron chi connectivity index (χ4n) is 1.59. The molecule has 90 valence electrons. The van der Waals surface area contributed by atoms with Gasteiger partial charge in [0.2, 0.25) is 0 Å². The minimum atomic E-state index is 0.558. The molecule has 1 aromatic carbocycles. The molecule has 0 fully saturated rings. The molecule has 0 atom stereocenters. The van der Waals surface area contributed by atoms with Crippen LogP contribution < -0.4 is 0 Å². The molecule has 5 heteroatoms. The summed E-state index contributed by atoms with van der Waals surface area (Å²) in [7, 11) is 1.68. The highest BCUT2D eigenvalue weighted by atomic mass is 35.5. The third-order valence-electron chi connectivity index (χ3n) is 2.38. The molecular weight excluding hydrogens is 238 g/mol. The predicted octanol–water partition coefficient (Wildman–Crippen LogP) is 2.20. The Morgan fingerprint density at radius 2 is 2.29 bits per heavy atom. The van der Waals surface area contributed by atoms with Gasteiger partial charge in [0.1, 0.15) is 0 Å². The van der Waals surface area contributed by atoms with Crippen molar-refractivity contribution in [2.75, 3.05) is 13.0 Å². The van der Waals surface area contributed by atoms with Crippen molar-refractivity contribution in [3.63, 3.8) is 0 Å². The Balaban J connectivity index is 2.22. The largest absolute Gasteiger partial charge is 0.380 e. The molecule has 0 unspecified atom stereocenters. The molecule has 1 aromatic heterocycles. The van der Waals surface area contributed by atoms with Gasteiger partial charge in [0, 0.05) is 19.4 Å². The minimum Gasteiger partial charge on any atom is -0.380 e. The number of alkyl halides is 1. The standard InChI is InChI=1S/C12H14ClN3O/c1-17-9-10-3-2-4-12(7-10)16-8-11(5-6-13)14-15-16/h2-4,7-8H,5-6,9H2,1H3. The van der Waals surface area contributed by atoms with E-state index in [1.165, 1.54) is 0 Å². The fraction of sp³-hybridized carbons (Fsp3) is 0.333. The van der Waals surface area contributed by atoms with E-state index in [2.05, 4.69) is 10.3 Å². The van der Waals surface area contributed by atoms with Crippen molar-refractivity contribution in [2.24, 2.45) is 0 Å². The first-order valence-electron chi connectivity index (χ1n) is 5.39. The van der Waals surface area contributed by atoms with Gasteiger partial charge in [-0.05, 0) is 17.7 Å². The molecule has 0 saturated heterocycles. The van der Waals surface area contributed by atoms with Crippen molar-refractivity contribution >= 4 is 11.6 Å². The minimum absolute atomic E-state index is 0.558. The highest BCUT2D eigenvalue weighted by molar-refractivity contribution is 6.17. The lowest BCUT2D eigenvalue weighted by molar-refractivity contribution is 0.185. The average molecular weight is 252 g/mol. The highest BCUT2D eigenvalue weighted by Crippen LogP contribution is 2.11. The van der Waals surface area contributed by atoms with E-state index in [1.54, 1.807) is 11.8 Å². The summed E-state index contributed by atoms with van der Waals surface area (Å²) in [6.45, 7) is 0.594. The summed E-state index contributed by atoms with van der Waals surface area (Å²) in [6, 6.07) is 8.01. The summed E-state index contributed by atoms with van der Waals surface area (Å²) < 4.78 is 6.85. The van der Waals surface area contributed by atoms with Crippen molar-refractivity contribution in [1.29, 1.82) is 0 Å². The van der Waals surface area contributed by atoms with Crippen molar-refractivity contribution in [3.8, 4) is 5.69 Å². The molecule has 0 aliphatic carbocycles. The lowest BCUT2D eigenvalue weighted by atomic mass is 10.2. The van der Waals surface area contributed by atoms with Crippen LogP contribution in [0.25, 0.3) is 5.69 Å². The number of rotatable bonds is 5. The van der Waals surface area contributed by atoms with Crippen LogP contribution in [0.3, 0.4) is 0 Å². The van der Waals surface area contributed by atoms with E-state index < -0.39 is 0 Å². The molecule has 0 aliphatic rings. The van der Waals surface area contributed by atoms with Gasteiger partial charge in [0.15, 0.2) is 0 Å². The maximum atomic E-state index is 5.66. The second kappa shape index (κ2) is 5.80. The lowest BCUT2D eigenvalue weighted by Gasteiger charge is -2.03. The van der Waals surface area contributed by atoms with Gasteiger partial charge in [0.25, 0.3) is 0 Å². The Kier molecular flexibility index (Phi) is 4.12. The number of nitrogens with zero attached hydrogens (tertiary/aromatic N) is 3. The summed E-state index contributed by atoms with van der Waals surface area (Å²) in [5, 5.41) is 8.13. The number of aryl methyl sites for hydroxylation is 1. The molecular formula is C12H14ClN3O. The molecule has 2 aromatic rings. The number of hydrogen-bond donors (Lipinski definition) is 0. The van der Waals surface area contributed by atoms with Gasteiger partial charge < -0.3 is 4.74 Å². The molecule has 0 N–H and O–H groups in total. The smallest absolute Gasteiger partial charge is 0.0843 e. The zero-order chi connectivity index (χ0) is 12.1. The Hall–Kier alpha value is -1.39. The van der Waals surface area contributed by atoms with Crippen LogP contribution in [0.5, 0.6) is 0 Å². The number of hydrogen-bond acceptors (Lipinski definition) is 3. The highest BCUT2D eigenvalue weighted by Gasteiger charge is 2.03. The van der Waals surface area contributed by atoms with Crippen molar-refractivity contribution in [2.45, 2.75) is 13.0 Å². The molecule has 2 rings (SSSR count). The zero-order valence-electron chi connectivity index (χ0n) is 9.64. The van der Waals surface area contributed by atoms with Crippen molar-refractivity contribution in [3.05, 3.63) is 41.7 Å². The summed E-state index contributed by atoms with van der Waals surface area (Å²) >= 11 is 5.66. The molecule has 17 heavy (non-hydrogen) atoms. The molecule has 0 spiro atoms. The van der Waals surface area contributed by atoms with Gasteiger partial charge in [-0.1, -0.05) is 17.3 Å². The van der Waals surface area contributed by atoms with Gasteiger partial charge in [-0.25, -0.2) is 4.68 Å². The van der Waals surface area contributed by atoms with Crippen LogP contribution in [-0.4, -0.2) is 28.0 Å². The van der Waals surface area contributed by atoms with Gasteiger partial charge >= 0.3 is 0 Å². The third kappa shape index (κ3) is 3.05. The number of ether oxygens (including phenoxy) is 1. The Bertz CT molecular complexity index is 484. The Morgan fingerprint density at radius 3 is 3.06 bits per heavy atom. The maximum Gasteiger partial charge on any atom is 0.0843 e. The summed E-state index contributed by atoms with van der Waals surface area (Å²) in [4.78, 5) is 0. The third-order valence-corrected chi connectivity index (χ3v) is 2.57. The normalized spacial score (nSPS) is 10.7. The van der Waals surface area contributed by atoms with Crippen molar-refractivity contribution < 1.29 is 4.74 Å². The molecule has 1 heterocycles. The van der Waals surface area contributed by atoms with E-state index in [-0.39, 0.29) is 0 Å². The maximum absolute atomic E-state index is 5.66. The summed E-state index contributed by atoms with van der Waals surface area (Å²) in [6.07, 6.45) is 2.63. The van der Waals surface area contributed by atoms with Gasteiger partial charge in [-0.15, -0.1) is 16.7 Å². The topological polar surface area (TPSA) is 39.9 Å². The molecule has 0 bridgehead atoms. The molecule has 0 aliphatic heterocycles. The number of aromatic nitrogens is 3. The first kappa shape index (κ1) is 12.1. The average Bonchev–Trinajstić information content (AvgIpc) is 2.79. The first-order valence-corrected chi connectivity index (χ1v) is 5.92. The quantitative estimate of drug-likeness (QED) is 0.765. The monoisotopic (exact) mass is 251 g/mol. The van der Waals surface area contributed by atoms with Crippen LogP contribution >= 0.6 is 11.6 Å². The predicted molar refractivity (Wildman–Crippen MR) is 66.5 cm³/mol. The van der Waals surface area contributed by atoms with Gasteiger partial charge in [-0.3, -0.25) is 0 Å². The van der Waals surface area contributed by atoms with E-state index in [4.69, 9.17) is 16.3 Å². The number of halogens is 1. The van der Waals surface area contributed by atoms with Crippen LogP contribution in [-0.2, 0) is 17.8 Å². The number of benzene rings is 1. The van der Waals surface area contributed by atoms with Crippen LogP contribution in [0, 0.1) is 0 Å². The van der Waals surface area contributed by atoms with Crippen LogP contribution in [0.1, 0.15) is 11.3 Å². The van der Waals surface area contributed by atoms with Crippen LogP contribution in [0.4, 0.5) is 0 Å². The number of methoxy groups -OCH3 is 1. The first-order chi connectivity index (χ1) is 8.33. The molecule has 0 saturated carbocycles. The Labute approximate surface area is 105 Å². The van der Waals surface area contributed by atoms with E-state index >= 15 is 0 Å². The molecule has 0 amide bonds. The van der Waals surface area contributed by atoms with Crippen LogP contribution in [0.15, 0.2) is 30.5 Å². The molecule has 0 radical (unpaired) electrons. The van der Waals surface area contributed by atoms with E-state index in [0.717, 1.165) is 23.4 Å². The van der Waals surface area contributed by atoms with E-state index in [0.29, 0.717) is 12.5 Å². The lowest BCUT2D eigenvalue weighted by Crippen LogP contribution is -1.96. The second-order valence-electron chi connectivity index (χ2n) is 3.70. The SMILES string of the molecule is COCc1cccc(-n2cc(CCCl)nn2)c1. The van der Waals surface area contributed by atoms with Gasteiger partial charge in [-0.2, -0.15) is 0 Å². The fourth-order valence-corrected chi connectivity index (χ4v) is 1.79. The van der Waals surface area contributed by atoms with E-state index in [9.17, 15) is 0 Å². The van der Waals surface area contributed by atoms with Gasteiger partial charge in [0.05, 0.1) is 24.2 Å². The Morgan fingerprint density at radius 1 is 1.41 bits per heavy atom. The zero-order valence-corrected chi connectivity index (χ0v) is 10.4. The second-order valence-corrected chi connectivity index (χ2v) is 4.07. The van der Waals surface area contributed by atoms with Crippen molar-refractivity contribution in [1.82, 2.24) is 15.0 Å². The summed E-state index contributed by atoms with van der Waals surface area (Å²) in [5.41, 5.74) is 2.99. The summed E-state index contributed by atoms with van der Waals surface area (Å²) in [5.74, 6) is 0.558. The van der Waals surface area contributed by atoms with Crippen LogP contribution in [0.2, 0.25) is 0 Å². The molecule has 4 nitrogen and oxygen atoms in total.